The zero-order valence-corrected chi connectivity index (χ0v) is 8.25. The van der Waals surface area contributed by atoms with E-state index in [1.165, 1.54) is 6.21 Å². The molecule has 76 valence electrons. The van der Waals surface area contributed by atoms with Gasteiger partial charge in [0.05, 0.1) is 6.21 Å². The fourth-order valence-electron chi connectivity index (χ4n) is 1.10. The van der Waals surface area contributed by atoms with E-state index in [2.05, 4.69) is 4.99 Å². The van der Waals surface area contributed by atoms with Crippen LogP contribution in [0.15, 0.2) is 28.9 Å². The second-order valence-electron chi connectivity index (χ2n) is 3.31. The summed E-state index contributed by atoms with van der Waals surface area (Å²) in [6, 6.07) is -0.792. The molecule has 1 aliphatic rings. The van der Waals surface area contributed by atoms with E-state index in [1.54, 1.807) is 12.3 Å². The quantitative estimate of drug-likeness (QED) is 0.492. The van der Waals surface area contributed by atoms with E-state index >= 15 is 0 Å². The maximum Gasteiger partial charge on any atom is 0.272 e. The van der Waals surface area contributed by atoms with Crippen molar-refractivity contribution in [3.05, 3.63) is 34.0 Å². The van der Waals surface area contributed by atoms with Gasteiger partial charge in [-0.25, -0.2) is 0 Å². The van der Waals surface area contributed by atoms with Gasteiger partial charge >= 0.3 is 0 Å². The Morgan fingerprint density at radius 3 is 3.00 bits per heavy atom. The van der Waals surface area contributed by atoms with Gasteiger partial charge in [0.25, 0.3) is 6.04 Å². The monoisotopic (exact) mass is 195 g/mol. The third-order valence-corrected chi connectivity index (χ3v) is 1.84. The lowest BCUT2D eigenvalue weighted by Crippen LogP contribution is -2.25. The number of hydrogen-bond donors (Lipinski definition) is 0. The molecule has 0 radical (unpaired) electrons. The van der Waals surface area contributed by atoms with Crippen molar-refractivity contribution < 1.29 is 4.92 Å². The van der Waals surface area contributed by atoms with Crippen molar-refractivity contribution in [2.24, 2.45) is 4.99 Å². The third kappa shape index (κ3) is 2.77. The van der Waals surface area contributed by atoms with E-state index in [4.69, 9.17) is 0 Å². The summed E-state index contributed by atoms with van der Waals surface area (Å²) in [5.74, 6) is 0. The first-order chi connectivity index (χ1) is 6.61. The first kappa shape index (κ1) is 10.6. The van der Waals surface area contributed by atoms with Crippen molar-refractivity contribution in [2.75, 3.05) is 20.6 Å². The number of likely N-dealkylation sites (N-methyl/N-ethyl adjacent to an activating group) is 1. The number of hydrogen-bond acceptors (Lipinski definition) is 4. The Morgan fingerprint density at radius 1 is 1.71 bits per heavy atom. The Morgan fingerprint density at radius 2 is 2.43 bits per heavy atom. The molecule has 1 rings (SSSR count). The van der Waals surface area contributed by atoms with Crippen LogP contribution in [0.5, 0.6) is 0 Å². The van der Waals surface area contributed by atoms with Crippen molar-refractivity contribution in [1.29, 1.82) is 0 Å². The second kappa shape index (κ2) is 4.66. The zero-order chi connectivity index (χ0) is 10.6. The molecule has 1 aliphatic heterocycles. The molecule has 1 unspecified atom stereocenters. The summed E-state index contributed by atoms with van der Waals surface area (Å²) in [7, 11) is 3.83. The zero-order valence-electron chi connectivity index (χ0n) is 8.25. The standard InChI is InChI=1S/C9H13N3O2/c1-11(2)6-4-8-3-5-10-7-9(8)12(13)14/h3-5,7,9H,6H2,1-2H3. The second-order valence-corrected chi connectivity index (χ2v) is 3.31. The Bertz CT molecular complexity index is 305. The molecule has 0 saturated carbocycles. The number of aliphatic imine (C=N–C) groups is 1. The van der Waals surface area contributed by atoms with Gasteiger partial charge in [-0.15, -0.1) is 0 Å². The van der Waals surface area contributed by atoms with Gasteiger partial charge in [-0.05, 0) is 20.2 Å². The van der Waals surface area contributed by atoms with E-state index in [0.717, 1.165) is 0 Å². The van der Waals surface area contributed by atoms with Gasteiger partial charge in [0.1, 0.15) is 0 Å². The van der Waals surface area contributed by atoms with Crippen molar-refractivity contribution in [1.82, 2.24) is 4.90 Å². The predicted octanol–water partition coefficient (Wildman–Crippen LogP) is 0.718. The van der Waals surface area contributed by atoms with Crippen molar-refractivity contribution in [3.8, 4) is 0 Å². The summed E-state index contributed by atoms with van der Waals surface area (Å²) < 4.78 is 0. The van der Waals surface area contributed by atoms with Gasteiger partial charge in [0, 0.05) is 23.2 Å². The first-order valence-electron chi connectivity index (χ1n) is 4.29. The van der Waals surface area contributed by atoms with Gasteiger partial charge < -0.3 is 4.90 Å². The Hall–Kier alpha value is -1.49. The number of nitrogens with zero attached hydrogens (tertiary/aromatic N) is 3. The average molecular weight is 195 g/mol. The highest BCUT2D eigenvalue weighted by Gasteiger charge is 2.22. The van der Waals surface area contributed by atoms with E-state index < -0.39 is 6.04 Å². The minimum atomic E-state index is -0.792. The van der Waals surface area contributed by atoms with Crippen LogP contribution in [-0.2, 0) is 0 Å². The number of rotatable bonds is 3. The van der Waals surface area contributed by atoms with Gasteiger partial charge in [-0.3, -0.25) is 15.1 Å². The third-order valence-electron chi connectivity index (χ3n) is 1.84. The predicted molar refractivity (Wildman–Crippen MR) is 55.1 cm³/mol. The smallest absolute Gasteiger partial charge is 0.272 e. The molecule has 0 bridgehead atoms. The van der Waals surface area contributed by atoms with E-state index in [9.17, 15) is 10.1 Å². The normalized spacial score (nSPS) is 23.4. The lowest BCUT2D eigenvalue weighted by atomic mass is 10.1. The van der Waals surface area contributed by atoms with Gasteiger partial charge in [0.2, 0.25) is 0 Å². The molecule has 0 saturated heterocycles. The summed E-state index contributed by atoms with van der Waals surface area (Å²) in [5, 5.41) is 10.6. The van der Waals surface area contributed by atoms with Crippen LogP contribution < -0.4 is 0 Å². The molecule has 0 aliphatic carbocycles. The molecule has 0 aromatic rings. The van der Waals surface area contributed by atoms with Gasteiger partial charge in [-0.1, -0.05) is 6.08 Å². The first-order valence-corrected chi connectivity index (χ1v) is 4.29. The van der Waals surface area contributed by atoms with Crippen LogP contribution in [0.2, 0.25) is 0 Å². The summed E-state index contributed by atoms with van der Waals surface area (Å²) in [6.45, 7) is 0.692. The molecule has 0 N–H and O–H groups in total. The topological polar surface area (TPSA) is 58.7 Å². The molecule has 0 amide bonds. The van der Waals surface area contributed by atoms with Crippen LogP contribution in [-0.4, -0.2) is 42.7 Å². The highest BCUT2D eigenvalue weighted by molar-refractivity contribution is 5.71. The van der Waals surface area contributed by atoms with Crippen LogP contribution in [0.1, 0.15) is 0 Å². The Balaban J connectivity index is 2.75. The van der Waals surface area contributed by atoms with Crippen LogP contribution in [0.3, 0.4) is 0 Å². The highest BCUT2D eigenvalue weighted by Crippen LogP contribution is 2.10. The van der Waals surface area contributed by atoms with Crippen LogP contribution in [0.25, 0.3) is 0 Å². The maximum atomic E-state index is 10.6. The molecule has 1 atom stereocenters. The molecule has 0 fully saturated rings. The van der Waals surface area contributed by atoms with Crippen LogP contribution in [0.4, 0.5) is 0 Å². The fourth-order valence-corrected chi connectivity index (χ4v) is 1.10. The SMILES string of the molecule is CN(C)CC=C1C=CN=CC1[N+](=O)[O-]. The Kier molecular flexibility index (Phi) is 3.53. The average Bonchev–Trinajstić information content (AvgIpc) is 2.15. The van der Waals surface area contributed by atoms with Crippen LogP contribution >= 0.6 is 0 Å². The van der Waals surface area contributed by atoms with E-state index in [-0.39, 0.29) is 4.92 Å². The van der Waals surface area contributed by atoms with Crippen molar-refractivity contribution in [2.45, 2.75) is 6.04 Å². The minimum absolute atomic E-state index is 0.339. The van der Waals surface area contributed by atoms with Crippen molar-refractivity contribution >= 4 is 6.21 Å². The Labute approximate surface area is 82.6 Å². The van der Waals surface area contributed by atoms with Crippen molar-refractivity contribution in [3.63, 3.8) is 0 Å². The molecular formula is C9H13N3O2. The van der Waals surface area contributed by atoms with E-state index in [1.807, 2.05) is 25.1 Å². The fraction of sp³-hybridized carbons (Fsp3) is 0.444. The maximum absolute atomic E-state index is 10.6. The molecule has 0 spiro atoms. The van der Waals surface area contributed by atoms with Crippen LogP contribution in [0, 0.1) is 10.1 Å². The molecule has 5 nitrogen and oxygen atoms in total. The molecule has 0 aromatic carbocycles. The minimum Gasteiger partial charge on any atom is -0.306 e. The number of nitro groups is 1. The largest absolute Gasteiger partial charge is 0.306 e. The lowest BCUT2D eigenvalue weighted by Gasteiger charge is -2.10. The molecule has 14 heavy (non-hydrogen) atoms. The summed E-state index contributed by atoms with van der Waals surface area (Å²) in [4.78, 5) is 16.0. The molecular weight excluding hydrogens is 182 g/mol. The lowest BCUT2D eigenvalue weighted by molar-refractivity contribution is -0.491. The summed E-state index contributed by atoms with van der Waals surface area (Å²) in [6.07, 6.45) is 6.44. The van der Waals surface area contributed by atoms with E-state index in [0.29, 0.717) is 12.1 Å². The highest BCUT2D eigenvalue weighted by atomic mass is 16.6. The molecule has 5 heteroatoms. The summed E-state index contributed by atoms with van der Waals surface area (Å²) in [5.41, 5.74) is 0.693. The van der Waals surface area contributed by atoms with Gasteiger partial charge in [0.15, 0.2) is 0 Å². The molecule has 0 aromatic heterocycles. The summed E-state index contributed by atoms with van der Waals surface area (Å²) >= 11 is 0. The molecule has 1 heterocycles. The van der Waals surface area contributed by atoms with Gasteiger partial charge in [-0.2, -0.15) is 0 Å².